The van der Waals surface area contributed by atoms with Crippen molar-refractivity contribution < 1.29 is 19.4 Å². The lowest BCUT2D eigenvalue weighted by molar-refractivity contribution is -0.132. The molecule has 35 heavy (non-hydrogen) atoms. The van der Waals surface area contributed by atoms with E-state index in [0.29, 0.717) is 45.5 Å². The number of carbonyl (C=O) groups is 2. The summed E-state index contributed by atoms with van der Waals surface area (Å²) in [7, 11) is 1.54. The van der Waals surface area contributed by atoms with Gasteiger partial charge in [0, 0.05) is 10.7 Å². The molecule has 0 radical (unpaired) electrons. The quantitative estimate of drug-likeness (QED) is 0.167. The van der Waals surface area contributed by atoms with Gasteiger partial charge in [0.2, 0.25) is 5.91 Å². The Morgan fingerprint density at radius 2 is 1.63 bits per heavy atom. The number of nitrogens with one attached hydrogen (secondary N) is 1. The van der Waals surface area contributed by atoms with Gasteiger partial charge in [0.1, 0.15) is 17.4 Å². The fourth-order valence-corrected chi connectivity index (χ4v) is 6.42. The molecule has 4 N–H and O–H groups in total. The van der Waals surface area contributed by atoms with Crippen LogP contribution in [-0.4, -0.2) is 23.9 Å². The number of phenols is 1. The smallest absolute Gasteiger partial charge is 0.235 e. The molecule has 1 amide bonds. The van der Waals surface area contributed by atoms with Crippen LogP contribution in [0, 0.1) is 5.92 Å². The Morgan fingerprint density at radius 1 is 1.03 bits per heavy atom. The Hall–Kier alpha value is -1.43. The molecule has 184 valence electrons. The molecule has 2 atom stereocenters. The van der Waals surface area contributed by atoms with Crippen LogP contribution in [0.1, 0.15) is 17.2 Å². The number of benzene rings is 3. The van der Waals surface area contributed by atoms with Crippen LogP contribution >= 0.6 is 75.3 Å². The lowest BCUT2D eigenvalue weighted by atomic mass is 9.88. The van der Waals surface area contributed by atoms with E-state index in [1.807, 2.05) is 0 Å². The summed E-state index contributed by atoms with van der Waals surface area (Å²) < 4.78 is 7.44. The number of Topliss-reactive ketones (excluding diaryl/α,β-unsaturated/α-hetero) is 1. The second-order valence-corrected chi connectivity index (χ2v) is 11.4. The molecular formula is C24H19Br4ClN2O4. The maximum atomic E-state index is 13.5. The van der Waals surface area contributed by atoms with E-state index < -0.39 is 23.7 Å². The SMILES string of the molecule is COc1c(Br)cc(C[C@@H](C(=O)Nc2cc(Br)c(O)c(Br)c2)C(=O)C(N)c2cccc(Cl)c2)cc1Br. The average molecular weight is 754 g/mol. The minimum absolute atomic E-state index is 0.00784. The summed E-state index contributed by atoms with van der Waals surface area (Å²) in [6, 6.07) is 12.3. The van der Waals surface area contributed by atoms with Crippen molar-refractivity contribution in [3.05, 3.63) is 82.6 Å². The van der Waals surface area contributed by atoms with Crippen molar-refractivity contribution in [3.63, 3.8) is 0 Å². The number of hydrogen-bond acceptors (Lipinski definition) is 5. The molecule has 0 aliphatic carbocycles. The minimum atomic E-state index is -1.12. The molecule has 0 aliphatic heterocycles. The maximum absolute atomic E-state index is 13.5. The summed E-state index contributed by atoms with van der Waals surface area (Å²) in [5, 5.41) is 13.2. The first kappa shape index (κ1) is 28.1. The van der Waals surface area contributed by atoms with E-state index >= 15 is 0 Å². The van der Waals surface area contributed by atoms with Crippen molar-refractivity contribution in [1.82, 2.24) is 0 Å². The summed E-state index contributed by atoms with van der Waals surface area (Å²) >= 11 is 19.5. The van der Waals surface area contributed by atoms with Crippen LogP contribution in [0.15, 0.2) is 66.4 Å². The number of ether oxygens (including phenoxy) is 1. The molecule has 0 saturated carbocycles. The molecule has 0 aliphatic rings. The van der Waals surface area contributed by atoms with E-state index in [0.717, 1.165) is 0 Å². The van der Waals surface area contributed by atoms with Crippen molar-refractivity contribution in [1.29, 1.82) is 0 Å². The van der Waals surface area contributed by atoms with Crippen LogP contribution in [-0.2, 0) is 16.0 Å². The number of ketones is 1. The molecule has 0 heterocycles. The van der Waals surface area contributed by atoms with Crippen LogP contribution in [0.5, 0.6) is 11.5 Å². The third kappa shape index (κ3) is 6.87. The minimum Gasteiger partial charge on any atom is -0.506 e. The maximum Gasteiger partial charge on any atom is 0.235 e. The van der Waals surface area contributed by atoms with E-state index in [1.54, 1.807) is 43.5 Å². The molecule has 11 heteroatoms. The highest BCUT2D eigenvalue weighted by molar-refractivity contribution is 9.11. The number of halogens is 5. The first-order valence-electron chi connectivity index (χ1n) is 10.1. The lowest BCUT2D eigenvalue weighted by Gasteiger charge is -2.21. The third-order valence-electron chi connectivity index (χ3n) is 5.16. The molecule has 3 aromatic carbocycles. The number of aromatic hydroxyl groups is 1. The van der Waals surface area contributed by atoms with Gasteiger partial charge >= 0.3 is 0 Å². The van der Waals surface area contributed by atoms with Gasteiger partial charge in [0.25, 0.3) is 0 Å². The van der Waals surface area contributed by atoms with Gasteiger partial charge < -0.3 is 20.9 Å². The standard InChI is InChI=1S/C24H19Br4ClN2O4/c1-35-23-18(27)6-11(7-19(23)28)5-15(21(32)20(30)12-3-2-4-13(29)8-12)24(34)31-14-9-16(25)22(33)17(26)10-14/h2-4,6-10,15,20,33H,5,30H2,1H3,(H,31,34)/t15-,20?/m1/s1. The summed E-state index contributed by atoms with van der Waals surface area (Å²) in [5.41, 5.74) is 7.90. The number of amides is 1. The Bertz CT molecular complexity index is 1240. The lowest BCUT2D eigenvalue weighted by Crippen LogP contribution is -2.37. The molecular weight excluding hydrogens is 735 g/mol. The topological polar surface area (TPSA) is 102 Å². The fourth-order valence-electron chi connectivity index (χ4n) is 3.43. The number of nitrogens with two attached hydrogens (primary N) is 1. The Kier molecular flexibility index (Phi) is 9.82. The summed E-state index contributed by atoms with van der Waals surface area (Å²) in [6.45, 7) is 0. The number of anilines is 1. The Labute approximate surface area is 241 Å². The van der Waals surface area contributed by atoms with Gasteiger partial charge in [-0.15, -0.1) is 0 Å². The van der Waals surface area contributed by atoms with Gasteiger partial charge in [0.15, 0.2) is 5.78 Å². The first-order chi connectivity index (χ1) is 16.5. The second kappa shape index (κ2) is 12.2. The molecule has 0 aromatic heterocycles. The summed E-state index contributed by atoms with van der Waals surface area (Å²) in [5.74, 6) is -1.55. The largest absolute Gasteiger partial charge is 0.506 e. The van der Waals surface area contributed by atoms with Crippen LogP contribution < -0.4 is 15.8 Å². The molecule has 3 aromatic rings. The van der Waals surface area contributed by atoms with Gasteiger partial charge in [-0.25, -0.2) is 0 Å². The third-order valence-corrected chi connectivity index (χ3v) is 7.78. The average Bonchev–Trinajstić information content (AvgIpc) is 2.79. The van der Waals surface area contributed by atoms with E-state index in [4.69, 9.17) is 22.1 Å². The fraction of sp³-hybridized carbons (Fsp3) is 0.167. The van der Waals surface area contributed by atoms with E-state index in [2.05, 4.69) is 69.0 Å². The molecule has 0 fully saturated rings. The number of methoxy groups -OCH3 is 1. The Morgan fingerprint density at radius 3 is 2.17 bits per heavy atom. The van der Waals surface area contributed by atoms with Gasteiger partial charge in [-0.05, 0) is 118 Å². The number of rotatable bonds is 8. The highest BCUT2D eigenvalue weighted by Crippen LogP contribution is 2.37. The number of phenolic OH excluding ortho intramolecular Hbond substituents is 1. The van der Waals surface area contributed by atoms with Gasteiger partial charge in [-0.3, -0.25) is 9.59 Å². The van der Waals surface area contributed by atoms with E-state index in [9.17, 15) is 14.7 Å². The van der Waals surface area contributed by atoms with E-state index in [-0.39, 0.29) is 12.2 Å². The zero-order chi connectivity index (χ0) is 25.9. The zero-order valence-electron chi connectivity index (χ0n) is 18.1. The van der Waals surface area contributed by atoms with Crippen LogP contribution in [0.4, 0.5) is 5.69 Å². The number of hydrogen-bond donors (Lipinski definition) is 3. The van der Waals surface area contributed by atoms with Crippen molar-refractivity contribution in [2.45, 2.75) is 12.5 Å². The molecule has 0 saturated heterocycles. The molecule has 3 rings (SSSR count). The normalized spacial score (nSPS) is 12.7. The van der Waals surface area contributed by atoms with Gasteiger partial charge in [-0.2, -0.15) is 0 Å². The number of carbonyl (C=O) groups excluding carboxylic acids is 2. The predicted octanol–water partition coefficient (Wildman–Crippen LogP) is 7.17. The van der Waals surface area contributed by atoms with Crippen molar-refractivity contribution in [2.24, 2.45) is 11.7 Å². The van der Waals surface area contributed by atoms with Crippen molar-refractivity contribution in [3.8, 4) is 11.5 Å². The summed E-state index contributed by atoms with van der Waals surface area (Å²) in [6.07, 6.45) is 0.0839. The molecule has 0 spiro atoms. The van der Waals surface area contributed by atoms with Gasteiger partial charge in [0.05, 0.1) is 31.0 Å². The van der Waals surface area contributed by atoms with Crippen LogP contribution in [0.2, 0.25) is 5.02 Å². The highest BCUT2D eigenvalue weighted by atomic mass is 79.9. The highest BCUT2D eigenvalue weighted by Gasteiger charge is 2.32. The monoisotopic (exact) mass is 750 g/mol. The first-order valence-corrected chi connectivity index (χ1v) is 13.6. The predicted molar refractivity (Wildman–Crippen MR) is 151 cm³/mol. The second-order valence-electron chi connectivity index (χ2n) is 7.56. The van der Waals surface area contributed by atoms with Crippen LogP contribution in [0.25, 0.3) is 0 Å². The van der Waals surface area contributed by atoms with Crippen molar-refractivity contribution in [2.75, 3.05) is 12.4 Å². The van der Waals surface area contributed by atoms with Crippen LogP contribution in [0.3, 0.4) is 0 Å². The van der Waals surface area contributed by atoms with E-state index in [1.165, 1.54) is 12.1 Å². The molecule has 1 unspecified atom stereocenters. The van der Waals surface area contributed by atoms with Gasteiger partial charge in [-0.1, -0.05) is 23.7 Å². The summed E-state index contributed by atoms with van der Waals surface area (Å²) in [4.78, 5) is 26.9. The molecule has 0 bridgehead atoms. The zero-order valence-corrected chi connectivity index (χ0v) is 25.2. The molecule has 6 nitrogen and oxygen atoms in total. The van der Waals surface area contributed by atoms with Crippen molar-refractivity contribution >= 4 is 92.7 Å². The Balaban J connectivity index is 1.97.